The molecule has 3 nitrogen and oxygen atoms in total. The summed E-state index contributed by atoms with van der Waals surface area (Å²) in [5.41, 5.74) is 7.02. The zero-order valence-corrected chi connectivity index (χ0v) is 11.0. The Hall–Kier alpha value is -2.62. The fourth-order valence-corrected chi connectivity index (χ4v) is 2.13. The van der Waals surface area contributed by atoms with Crippen LogP contribution in [-0.2, 0) is 0 Å². The second-order valence-corrected chi connectivity index (χ2v) is 4.53. The van der Waals surface area contributed by atoms with Gasteiger partial charge in [-0.1, -0.05) is 30.3 Å². The van der Waals surface area contributed by atoms with Crippen LogP contribution >= 0.6 is 0 Å². The third-order valence-corrected chi connectivity index (χ3v) is 3.09. The fourth-order valence-electron chi connectivity index (χ4n) is 2.13. The Labute approximate surface area is 116 Å². The molecule has 1 aromatic heterocycles. The SMILES string of the molecule is Cc1ncn(Nc2ccc(F)cc2)c1-c1ccccc1. The standard InChI is InChI=1S/C16H14FN3/c1-12-16(13-5-3-2-4-6-13)20(11-18-12)19-15-9-7-14(17)8-10-15/h2-11,19H,1H3. The highest BCUT2D eigenvalue weighted by Crippen LogP contribution is 2.22. The van der Waals surface area contributed by atoms with Crippen LogP contribution in [0.25, 0.3) is 11.3 Å². The summed E-state index contributed by atoms with van der Waals surface area (Å²) in [5.74, 6) is -0.249. The maximum Gasteiger partial charge on any atom is 0.123 e. The molecule has 0 saturated heterocycles. The van der Waals surface area contributed by atoms with Gasteiger partial charge in [-0.2, -0.15) is 0 Å². The lowest BCUT2D eigenvalue weighted by Crippen LogP contribution is -2.09. The summed E-state index contributed by atoms with van der Waals surface area (Å²) in [6.07, 6.45) is 1.72. The van der Waals surface area contributed by atoms with E-state index < -0.39 is 0 Å². The number of rotatable bonds is 3. The van der Waals surface area contributed by atoms with Crippen molar-refractivity contribution in [2.45, 2.75) is 6.92 Å². The van der Waals surface area contributed by atoms with Crippen molar-refractivity contribution < 1.29 is 4.39 Å². The van der Waals surface area contributed by atoms with Crippen molar-refractivity contribution in [1.29, 1.82) is 0 Å². The van der Waals surface area contributed by atoms with Crippen molar-refractivity contribution in [3.05, 3.63) is 72.4 Å². The van der Waals surface area contributed by atoms with Gasteiger partial charge in [0.1, 0.15) is 12.1 Å². The Balaban J connectivity index is 1.97. The van der Waals surface area contributed by atoms with Gasteiger partial charge in [-0.3, -0.25) is 5.43 Å². The average Bonchev–Trinajstić information content (AvgIpc) is 2.83. The van der Waals surface area contributed by atoms with Gasteiger partial charge in [0.2, 0.25) is 0 Å². The lowest BCUT2D eigenvalue weighted by atomic mass is 10.1. The number of hydrogen-bond donors (Lipinski definition) is 1. The Morgan fingerprint density at radius 1 is 1.00 bits per heavy atom. The average molecular weight is 267 g/mol. The minimum Gasteiger partial charge on any atom is -0.293 e. The van der Waals surface area contributed by atoms with E-state index >= 15 is 0 Å². The molecule has 0 saturated carbocycles. The summed E-state index contributed by atoms with van der Waals surface area (Å²) >= 11 is 0. The molecule has 3 rings (SSSR count). The van der Waals surface area contributed by atoms with Crippen LogP contribution in [-0.4, -0.2) is 9.66 Å². The minimum atomic E-state index is -0.249. The van der Waals surface area contributed by atoms with E-state index in [1.54, 1.807) is 18.5 Å². The number of nitrogens with one attached hydrogen (secondary N) is 1. The lowest BCUT2D eigenvalue weighted by Gasteiger charge is -2.12. The zero-order chi connectivity index (χ0) is 13.9. The summed E-state index contributed by atoms with van der Waals surface area (Å²) in [5, 5.41) is 0. The van der Waals surface area contributed by atoms with Crippen LogP contribution in [0.5, 0.6) is 0 Å². The first-order valence-electron chi connectivity index (χ1n) is 6.36. The highest BCUT2D eigenvalue weighted by atomic mass is 19.1. The lowest BCUT2D eigenvalue weighted by molar-refractivity contribution is 0.628. The fraction of sp³-hybridized carbons (Fsp3) is 0.0625. The monoisotopic (exact) mass is 267 g/mol. The summed E-state index contributed by atoms with van der Waals surface area (Å²) < 4.78 is 14.8. The number of aryl methyl sites for hydroxylation is 1. The van der Waals surface area contributed by atoms with E-state index in [1.165, 1.54) is 12.1 Å². The van der Waals surface area contributed by atoms with E-state index in [0.29, 0.717) is 0 Å². The third-order valence-electron chi connectivity index (χ3n) is 3.09. The predicted molar refractivity (Wildman–Crippen MR) is 77.8 cm³/mol. The van der Waals surface area contributed by atoms with Gasteiger partial charge >= 0.3 is 0 Å². The second-order valence-electron chi connectivity index (χ2n) is 4.53. The number of nitrogens with zero attached hydrogens (tertiary/aromatic N) is 2. The van der Waals surface area contributed by atoms with Crippen LogP contribution in [0.1, 0.15) is 5.69 Å². The molecule has 1 N–H and O–H groups in total. The van der Waals surface area contributed by atoms with Crippen molar-refractivity contribution >= 4 is 5.69 Å². The van der Waals surface area contributed by atoms with Gasteiger partial charge in [-0.25, -0.2) is 14.1 Å². The Kier molecular flexibility index (Phi) is 3.21. The first-order chi connectivity index (χ1) is 9.74. The Bertz CT molecular complexity index is 702. The molecule has 0 fully saturated rings. The van der Waals surface area contributed by atoms with E-state index in [1.807, 2.05) is 41.9 Å². The predicted octanol–water partition coefficient (Wildman–Crippen LogP) is 3.87. The van der Waals surface area contributed by atoms with Crippen LogP contribution in [0.4, 0.5) is 10.1 Å². The summed E-state index contributed by atoms with van der Waals surface area (Å²) in [7, 11) is 0. The van der Waals surface area contributed by atoms with Crippen LogP contribution < -0.4 is 5.43 Å². The Morgan fingerprint density at radius 2 is 1.70 bits per heavy atom. The highest BCUT2D eigenvalue weighted by Gasteiger charge is 2.09. The molecule has 20 heavy (non-hydrogen) atoms. The zero-order valence-electron chi connectivity index (χ0n) is 11.0. The van der Waals surface area contributed by atoms with Crippen LogP contribution in [0, 0.1) is 12.7 Å². The molecule has 0 spiro atoms. The summed E-state index contributed by atoms with van der Waals surface area (Å²) in [6.45, 7) is 1.96. The van der Waals surface area contributed by atoms with E-state index in [2.05, 4.69) is 10.4 Å². The molecular formula is C16H14FN3. The third kappa shape index (κ3) is 2.40. The number of aromatic nitrogens is 2. The van der Waals surface area contributed by atoms with Gasteiger partial charge in [-0.05, 0) is 31.2 Å². The second kappa shape index (κ2) is 5.17. The van der Waals surface area contributed by atoms with E-state index in [9.17, 15) is 4.39 Å². The van der Waals surface area contributed by atoms with Gasteiger partial charge < -0.3 is 0 Å². The van der Waals surface area contributed by atoms with Crippen molar-refractivity contribution in [2.24, 2.45) is 0 Å². The van der Waals surface area contributed by atoms with Gasteiger partial charge in [0.05, 0.1) is 17.1 Å². The molecule has 1 heterocycles. The molecule has 0 bridgehead atoms. The van der Waals surface area contributed by atoms with Crippen molar-refractivity contribution in [3.8, 4) is 11.3 Å². The molecule has 0 atom stereocenters. The molecule has 0 radical (unpaired) electrons. The van der Waals surface area contributed by atoms with Gasteiger partial charge in [-0.15, -0.1) is 0 Å². The maximum atomic E-state index is 12.9. The molecule has 100 valence electrons. The normalized spacial score (nSPS) is 10.5. The molecule has 2 aromatic carbocycles. The molecule has 4 heteroatoms. The van der Waals surface area contributed by atoms with Gasteiger partial charge in [0.25, 0.3) is 0 Å². The van der Waals surface area contributed by atoms with E-state index in [0.717, 1.165) is 22.6 Å². The molecule has 0 aliphatic rings. The molecule has 0 amide bonds. The number of halogens is 1. The van der Waals surface area contributed by atoms with Gasteiger partial charge in [0.15, 0.2) is 0 Å². The van der Waals surface area contributed by atoms with Crippen molar-refractivity contribution in [2.75, 3.05) is 5.43 Å². The molecule has 0 aliphatic carbocycles. The highest BCUT2D eigenvalue weighted by molar-refractivity contribution is 5.63. The largest absolute Gasteiger partial charge is 0.293 e. The first kappa shape index (κ1) is 12.4. The number of benzene rings is 2. The summed E-state index contributed by atoms with van der Waals surface area (Å²) in [4.78, 5) is 4.33. The topological polar surface area (TPSA) is 29.9 Å². The van der Waals surface area contributed by atoms with E-state index in [4.69, 9.17) is 0 Å². The number of hydrogen-bond acceptors (Lipinski definition) is 2. The van der Waals surface area contributed by atoms with Crippen molar-refractivity contribution in [1.82, 2.24) is 9.66 Å². The first-order valence-corrected chi connectivity index (χ1v) is 6.36. The minimum absolute atomic E-state index is 0.249. The smallest absolute Gasteiger partial charge is 0.123 e. The molecule has 0 aliphatic heterocycles. The maximum absolute atomic E-state index is 12.9. The van der Waals surface area contributed by atoms with E-state index in [-0.39, 0.29) is 5.82 Å². The molecule has 0 unspecified atom stereocenters. The number of anilines is 1. The van der Waals surface area contributed by atoms with Crippen LogP contribution in [0.15, 0.2) is 60.9 Å². The van der Waals surface area contributed by atoms with Crippen molar-refractivity contribution in [3.63, 3.8) is 0 Å². The quantitative estimate of drug-likeness (QED) is 0.780. The summed E-state index contributed by atoms with van der Waals surface area (Å²) in [6, 6.07) is 16.3. The van der Waals surface area contributed by atoms with Crippen LogP contribution in [0.2, 0.25) is 0 Å². The molecular weight excluding hydrogens is 253 g/mol. The number of imidazole rings is 1. The molecule has 3 aromatic rings. The van der Waals surface area contributed by atoms with Crippen LogP contribution in [0.3, 0.4) is 0 Å². The van der Waals surface area contributed by atoms with Gasteiger partial charge in [0, 0.05) is 5.56 Å². The Morgan fingerprint density at radius 3 is 2.40 bits per heavy atom.